The predicted molar refractivity (Wildman–Crippen MR) is 62.3 cm³/mol. The zero-order valence-electron chi connectivity index (χ0n) is 8.68. The van der Waals surface area contributed by atoms with Crippen molar-refractivity contribution in [1.82, 2.24) is 9.36 Å². The van der Waals surface area contributed by atoms with Crippen molar-refractivity contribution in [1.29, 1.82) is 0 Å². The maximum Gasteiger partial charge on any atom is 0.170 e. The molecule has 2 N–H and O–H groups in total. The first-order chi connectivity index (χ1) is 7.25. The van der Waals surface area contributed by atoms with E-state index in [2.05, 4.69) is 9.36 Å². The van der Waals surface area contributed by atoms with E-state index in [9.17, 15) is 0 Å². The molecule has 0 spiro atoms. The van der Waals surface area contributed by atoms with E-state index in [1.54, 1.807) is 11.8 Å². The zero-order chi connectivity index (χ0) is 10.7. The van der Waals surface area contributed by atoms with Gasteiger partial charge in [0.1, 0.15) is 5.82 Å². The second-order valence-electron chi connectivity index (χ2n) is 3.71. The lowest BCUT2D eigenvalue weighted by Gasteiger charge is -2.15. The molecule has 0 amide bonds. The van der Waals surface area contributed by atoms with Gasteiger partial charge in [-0.15, -0.1) is 0 Å². The molecular weight excluding hydrogens is 230 g/mol. The molecule has 1 fully saturated rings. The van der Waals surface area contributed by atoms with Gasteiger partial charge in [0.05, 0.1) is 6.61 Å². The third-order valence-corrected chi connectivity index (χ3v) is 4.55. The molecule has 2 heterocycles. The Morgan fingerprint density at radius 3 is 3.20 bits per heavy atom. The minimum absolute atomic E-state index is 0.210. The van der Waals surface area contributed by atoms with Gasteiger partial charge in [-0.3, -0.25) is 0 Å². The number of nitrogens with two attached hydrogens (primary N) is 1. The third kappa shape index (κ3) is 3.14. The Hall–Kier alpha value is -0.170. The van der Waals surface area contributed by atoms with Gasteiger partial charge in [0.25, 0.3) is 0 Å². The molecule has 0 aromatic carbocycles. The smallest absolute Gasteiger partial charge is 0.170 e. The number of nitrogens with zero attached hydrogens (tertiary/aromatic N) is 2. The normalized spacial score (nSPS) is 23.2. The molecule has 4 nitrogen and oxygen atoms in total. The number of rotatable bonds is 4. The van der Waals surface area contributed by atoms with Gasteiger partial charge in [0, 0.05) is 24.3 Å². The summed E-state index contributed by atoms with van der Waals surface area (Å²) < 4.78 is 10.5. The molecule has 2 atom stereocenters. The summed E-state index contributed by atoms with van der Waals surface area (Å²) in [5, 5.41) is 0. The van der Waals surface area contributed by atoms with E-state index in [-0.39, 0.29) is 6.04 Å². The Balaban J connectivity index is 1.77. The summed E-state index contributed by atoms with van der Waals surface area (Å²) in [5.41, 5.74) is 6.09. The van der Waals surface area contributed by atoms with Gasteiger partial charge in [0.15, 0.2) is 4.34 Å². The van der Waals surface area contributed by atoms with Crippen molar-refractivity contribution in [2.75, 3.05) is 19.0 Å². The summed E-state index contributed by atoms with van der Waals surface area (Å²) in [6.07, 6.45) is 1.09. The lowest BCUT2D eigenvalue weighted by Crippen LogP contribution is -2.32. The van der Waals surface area contributed by atoms with Gasteiger partial charge in [-0.25, -0.2) is 4.98 Å². The molecule has 2 unspecified atom stereocenters. The zero-order valence-corrected chi connectivity index (χ0v) is 10.3. The highest BCUT2D eigenvalue weighted by atomic mass is 32.2. The van der Waals surface area contributed by atoms with Crippen LogP contribution in [0.4, 0.5) is 0 Å². The third-order valence-electron chi connectivity index (χ3n) is 2.48. The Morgan fingerprint density at radius 2 is 2.60 bits per heavy atom. The van der Waals surface area contributed by atoms with E-state index in [0.29, 0.717) is 5.92 Å². The van der Waals surface area contributed by atoms with Crippen LogP contribution < -0.4 is 5.73 Å². The first-order valence-corrected chi connectivity index (χ1v) is 6.78. The van der Waals surface area contributed by atoms with Crippen LogP contribution in [0.15, 0.2) is 4.34 Å². The first-order valence-electron chi connectivity index (χ1n) is 5.02. The molecule has 15 heavy (non-hydrogen) atoms. The molecule has 6 heteroatoms. The van der Waals surface area contributed by atoms with Crippen LogP contribution in [0.2, 0.25) is 0 Å². The predicted octanol–water partition coefficient (Wildman–Crippen LogP) is 1.30. The first kappa shape index (κ1) is 11.3. The molecule has 1 aliphatic heterocycles. The molecule has 1 aromatic rings. The molecule has 0 bridgehead atoms. The average molecular weight is 245 g/mol. The maximum atomic E-state index is 6.09. The van der Waals surface area contributed by atoms with Gasteiger partial charge < -0.3 is 10.5 Å². The Labute approximate surface area is 97.8 Å². The van der Waals surface area contributed by atoms with Crippen molar-refractivity contribution in [3.05, 3.63) is 5.82 Å². The molecule has 0 radical (unpaired) electrons. The van der Waals surface area contributed by atoms with Gasteiger partial charge in [0.2, 0.25) is 0 Å². The number of hydrogen-bond acceptors (Lipinski definition) is 6. The van der Waals surface area contributed by atoms with E-state index in [1.165, 1.54) is 11.5 Å². The molecule has 1 aromatic heterocycles. The van der Waals surface area contributed by atoms with E-state index in [0.717, 1.165) is 35.6 Å². The molecule has 1 aliphatic rings. The standard InChI is InChI=1S/C9H15N3OS2/c1-6-11-9(15-12-6)14-5-8(10)7-2-3-13-4-7/h7-8H,2-5,10H2,1H3. The van der Waals surface area contributed by atoms with Crippen LogP contribution in [-0.2, 0) is 4.74 Å². The van der Waals surface area contributed by atoms with Crippen molar-refractivity contribution in [3.63, 3.8) is 0 Å². The van der Waals surface area contributed by atoms with E-state index in [1.807, 2.05) is 6.92 Å². The van der Waals surface area contributed by atoms with E-state index < -0.39 is 0 Å². The Bertz CT molecular complexity index is 312. The lowest BCUT2D eigenvalue weighted by molar-refractivity contribution is 0.182. The van der Waals surface area contributed by atoms with Gasteiger partial charge in [-0.1, -0.05) is 11.8 Å². The van der Waals surface area contributed by atoms with Crippen molar-refractivity contribution in [2.24, 2.45) is 11.7 Å². The molecule has 1 saturated heterocycles. The van der Waals surface area contributed by atoms with E-state index in [4.69, 9.17) is 10.5 Å². The quantitative estimate of drug-likeness (QED) is 0.810. The molecule has 0 saturated carbocycles. The summed E-state index contributed by atoms with van der Waals surface area (Å²) >= 11 is 3.15. The van der Waals surface area contributed by atoms with Crippen LogP contribution in [0.25, 0.3) is 0 Å². The Kier molecular flexibility index (Phi) is 3.96. The number of hydrogen-bond donors (Lipinski definition) is 1. The van der Waals surface area contributed by atoms with Crippen molar-refractivity contribution < 1.29 is 4.74 Å². The minimum atomic E-state index is 0.210. The maximum absolute atomic E-state index is 6.09. The van der Waals surface area contributed by atoms with Gasteiger partial charge >= 0.3 is 0 Å². The van der Waals surface area contributed by atoms with Crippen molar-refractivity contribution >= 4 is 23.3 Å². The summed E-state index contributed by atoms with van der Waals surface area (Å²) in [6.45, 7) is 3.59. The van der Waals surface area contributed by atoms with Crippen molar-refractivity contribution in [2.45, 2.75) is 23.7 Å². The monoisotopic (exact) mass is 245 g/mol. The number of thioether (sulfide) groups is 1. The van der Waals surface area contributed by atoms with Crippen LogP contribution in [0.1, 0.15) is 12.2 Å². The van der Waals surface area contributed by atoms with Crippen molar-refractivity contribution in [3.8, 4) is 0 Å². The molecule has 0 aliphatic carbocycles. The van der Waals surface area contributed by atoms with Crippen LogP contribution in [0, 0.1) is 12.8 Å². The Morgan fingerprint density at radius 1 is 1.73 bits per heavy atom. The average Bonchev–Trinajstić information content (AvgIpc) is 2.84. The fraction of sp³-hybridized carbons (Fsp3) is 0.778. The SMILES string of the molecule is Cc1nsc(SCC(N)C2CCOC2)n1. The van der Waals surface area contributed by atoms with Gasteiger partial charge in [-0.05, 0) is 24.9 Å². The number of ether oxygens (including phenoxy) is 1. The largest absolute Gasteiger partial charge is 0.381 e. The second-order valence-corrected chi connectivity index (χ2v) is 5.72. The van der Waals surface area contributed by atoms with Crippen LogP contribution >= 0.6 is 23.3 Å². The second kappa shape index (κ2) is 5.25. The molecule has 84 valence electrons. The topological polar surface area (TPSA) is 61.0 Å². The summed E-state index contributed by atoms with van der Waals surface area (Å²) in [6, 6.07) is 0.210. The van der Waals surface area contributed by atoms with E-state index >= 15 is 0 Å². The van der Waals surface area contributed by atoms with Crippen LogP contribution in [0.3, 0.4) is 0 Å². The minimum Gasteiger partial charge on any atom is -0.381 e. The van der Waals surface area contributed by atoms with Crippen LogP contribution in [-0.4, -0.2) is 34.4 Å². The lowest BCUT2D eigenvalue weighted by atomic mass is 10.0. The summed E-state index contributed by atoms with van der Waals surface area (Å²) in [7, 11) is 0. The number of aryl methyl sites for hydroxylation is 1. The number of aromatic nitrogens is 2. The molecule has 2 rings (SSSR count). The summed E-state index contributed by atoms with van der Waals surface area (Å²) in [4.78, 5) is 4.29. The summed E-state index contributed by atoms with van der Waals surface area (Å²) in [5.74, 6) is 2.27. The highest BCUT2D eigenvalue weighted by Crippen LogP contribution is 2.24. The van der Waals surface area contributed by atoms with Crippen LogP contribution in [0.5, 0.6) is 0 Å². The fourth-order valence-electron chi connectivity index (χ4n) is 1.53. The highest BCUT2D eigenvalue weighted by Gasteiger charge is 2.22. The highest BCUT2D eigenvalue weighted by molar-refractivity contribution is 8.00. The molecular formula is C9H15N3OS2. The van der Waals surface area contributed by atoms with Gasteiger partial charge in [-0.2, -0.15) is 4.37 Å². The fourth-order valence-corrected chi connectivity index (χ4v) is 3.29.